The molecule has 0 amide bonds. The van der Waals surface area contributed by atoms with Crippen molar-refractivity contribution in [3.8, 4) is 0 Å². The highest BCUT2D eigenvalue weighted by molar-refractivity contribution is 6.21. The monoisotopic (exact) mass is 190 g/mol. The summed E-state index contributed by atoms with van der Waals surface area (Å²) >= 11 is 6.02. The van der Waals surface area contributed by atoms with E-state index in [-0.39, 0.29) is 11.5 Å². The van der Waals surface area contributed by atoms with Crippen molar-refractivity contribution in [1.82, 2.24) is 0 Å². The Morgan fingerprint density at radius 2 is 1.33 bits per heavy atom. The number of hydrogen-bond donors (Lipinski definition) is 1. The topological polar surface area (TPSA) is 20.2 Å². The summed E-state index contributed by atoms with van der Waals surface area (Å²) in [5.74, 6) is 0. The Kier molecular flexibility index (Phi) is 5.01. The summed E-state index contributed by atoms with van der Waals surface area (Å²) in [6.45, 7) is 0. The maximum Gasteiger partial charge on any atom is 0.0703 e. The summed E-state index contributed by atoms with van der Waals surface area (Å²) in [4.78, 5) is 0. The van der Waals surface area contributed by atoms with Crippen LogP contribution in [0.5, 0.6) is 0 Å². The van der Waals surface area contributed by atoms with E-state index >= 15 is 0 Å². The molecule has 2 atom stereocenters. The fraction of sp³-hybridized carbons (Fsp3) is 1.00. The highest BCUT2D eigenvalue weighted by Crippen LogP contribution is 2.20. The van der Waals surface area contributed by atoms with Crippen molar-refractivity contribution < 1.29 is 5.11 Å². The smallest absolute Gasteiger partial charge is 0.0703 e. The second-order valence-corrected chi connectivity index (χ2v) is 4.34. The molecule has 1 aliphatic carbocycles. The normalized spacial score (nSPS) is 34.5. The van der Waals surface area contributed by atoms with Gasteiger partial charge >= 0.3 is 0 Å². The number of halogens is 1. The first kappa shape index (κ1) is 10.3. The molecule has 1 fully saturated rings. The first-order valence-electron chi connectivity index (χ1n) is 5.13. The molecule has 1 nitrogen and oxygen atoms in total. The van der Waals surface area contributed by atoms with Crippen LogP contribution in [-0.4, -0.2) is 16.6 Å². The van der Waals surface area contributed by atoms with Crippen LogP contribution in [0.1, 0.15) is 51.4 Å². The maximum absolute atomic E-state index is 9.57. The van der Waals surface area contributed by atoms with Gasteiger partial charge in [-0.1, -0.05) is 38.5 Å². The molecule has 72 valence electrons. The Morgan fingerprint density at radius 3 is 2.00 bits per heavy atom. The van der Waals surface area contributed by atoms with Crippen LogP contribution in [0.25, 0.3) is 0 Å². The molecule has 0 bridgehead atoms. The van der Waals surface area contributed by atoms with Crippen LogP contribution >= 0.6 is 11.6 Å². The van der Waals surface area contributed by atoms with Crippen LogP contribution in [0.4, 0.5) is 0 Å². The van der Waals surface area contributed by atoms with Gasteiger partial charge in [-0.25, -0.2) is 0 Å². The standard InChI is InChI=1S/C10H19ClO/c11-9-7-5-3-1-2-4-6-8-10(9)12/h9-10,12H,1-8H2/t9-,10+/m1/s1. The lowest BCUT2D eigenvalue weighted by atomic mass is 9.99. The van der Waals surface area contributed by atoms with E-state index < -0.39 is 0 Å². The Bertz CT molecular complexity index is 102. The Morgan fingerprint density at radius 1 is 0.833 bits per heavy atom. The summed E-state index contributed by atoms with van der Waals surface area (Å²) in [5.41, 5.74) is 0. The molecule has 0 spiro atoms. The number of aliphatic hydroxyl groups excluding tert-OH is 1. The van der Waals surface area contributed by atoms with Gasteiger partial charge in [-0.2, -0.15) is 0 Å². The second kappa shape index (κ2) is 5.82. The lowest BCUT2D eigenvalue weighted by molar-refractivity contribution is 0.149. The maximum atomic E-state index is 9.57. The molecule has 12 heavy (non-hydrogen) atoms. The average Bonchev–Trinajstić information content (AvgIpc) is 2.08. The lowest BCUT2D eigenvalue weighted by Crippen LogP contribution is -2.21. The molecule has 0 aromatic carbocycles. The summed E-state index contributed by atoms with van der Waals surface area (Å²) in [5, 5.41) is 9.57. The van der Waals surface area contributed by atoms with Gasteiger partial charge in [0.2, 0.25) is 0 Å². The largest absolute Gasteiger partial charge is 0.392 e. The van der Waals surface area contributed by atoms with Gasteiger partial charge in [0.1, 0.15) is 0 Å². The van der Waals surface area contributed by atoms with Gasteiger partial charge in [-0.15, -0.1) is 11.6 Å². The third kappa shape index (κ3) is 3.77. The molecule has 0 radical (unpaired) electrons. The van der Waals surface area contributed by atoms with Gasteiger partial charge in [-0.3, -0.25) is 0 Å². The molecule has 1 saturated carbocycles. The molecule has 0 aromatic rings. The van der Waals surface area contributed by atoms with Crippen LogP contribution in [-0.2, 0) is 0 Å². The number of hydrogen-bond acceptors (Lipinski definition) is 1. The molecule has 0 aliphatic heterocycles. The van der Waals surface area contributed by atoms with E-state index in [4.69, 9.17) is 11.6 Å². The van der Waals surface area contributed by atoms with Gasteiger partial charge < -0.3 is 5.11 Å². The van der Waals surface area contributed by atoms with Crippen molar-refractivity contribution in [2.45, 2.75) is 62.8 Å². The zero-order valence-electron chi connectivity index (χ0n) is 7.64. The molecule has 0 saturated heterocycles. The molecular formula is C10H19ClO. The quantitative estimate of drug-likeness (QED) is 0.582. The zero-order valence-corrected chi connectivity index (χ0v) is 8.39. The second-order valence-electron chi connectivity index (χ2n) is 3.78. The van der Waals surface area contributed by atoms with Crippen molar-refractivity contribution in [3.05, 3.63) is 0 Å². The fourth-order valence-corrected chi connectivity index (χ4v) is 2.05. The third-order valence-corrected chi connectivity index (χ3v) is 3.16. The fourth-order valence-electron chi connectivity index (χ4n) is 1.77. The Balaban J connectivity index is 2.26. The van der Waals surface area contributed by atoms with Crippen LogP contribution in [0.3, 0.4) is 0 Å². The predicted molar refractivity (Wildman–Crippen MR) is 52.6 cm³/mol. The molecule has 1 aliphatic rings. The van der Waals surface area contributed by atoms with Crippen LogP contribution in [0, 0.1) is 0 Å². The van der Waals surface area contributed by atoms with Crippen LogP contribution in [0.15, 0.2) is 0 Å². The van der Waals surface area contributed by atoms with Crippen molar-refractivity contribution in [2.24, 2.45) is 0 Å². The minimum absolute atomic E-state index is 0.00287. The first-order valence-corrected chi connectivity index (χ1v) is 5.56. The molecule has 0 heterocycles. The van der Waals surface area contributed by atoms with Crippen molar-refractivity contribution >= 4 is 11.6 Å². The minimum Gasteiger partial charge on any atom is -0.392 e. The van der Waals surface area contributed by atoms with E-state index in [0.29, 0.717) is 0 Å². The van der Waals surface area contributed by atoms with Crippen LogP contribution < -0.4 is 0 Å². The highest BCUT2D eigenvalue weighted by atomic mass is 35.5. The van der Waals surface area contributed by atoms with E-state index in [1.54, 1.807) is 0 Å². The number of alkyl halides is 1. The minimum atomic E-state index is -0.259. The van der Waals surface area contributed by atoms with E-state index in [9.17, 15) is 5.11 Å². The summed E-state index contributed by atoms with van der Waals surface area (Å²) in [6.07, 6.45) is 9.19. The van der Waals surface area contributed by atoms with E-state index in [2.05, 4.69) is 0 Å². The molecule has 1 N–H and O–H groups in total. The zero-order chi connectivity index (χ0) is 8.81. The van der Waals surface area contributed by atoms with Crippen molar-refractivity contribution in [1.29, 1.82) is 0 Å². The molecule has 2 heteroatoms. The predicted octanol–water partition coefficient (Wildman–Crippen LogP) is 3.09. The average molecular weight is 191 g/mol. The number of rotatable bonds is 0. The van der Waals surface area contributed by atoms with Crippen molar-refractivity contribution in [3.63, 3.8) is 0 Å². The Labute approximate surface area is 80.1 Å². The SMILES string of the molecule is O[C@H]1CCCCCCCC[C@H]1Cl. The van der Waals surface area contributed by atoms with Gasteiger partial charge in [0.25, 0.3) is 0 Å². The van der Waals surface area contributed by atoms with Gasteiger partial charge in [-0.05, 0) is 12.8 Å². The summed E-state index contributed by atoms with van der Waals surface area (Å²) < 4.78 is 0. The van der Waals surface area contributed by atoms with E-state index in [0.717, 1.165) is 19.3 Å². The summed E-state index contributed by atoms with van der Waals surface area (Å²) in [7, 11) is 0. The summed E-state index contributed by atoms with van der Waals surface area (Å²) in [6, 6.07) is 0. The van der Waals surface area contributed by atoms with Gasteiger partial charge in [0.15, 0.2) is 0 Å². The molecule has 0 unspecified atom stereocenters. The van der Waals surface area contributed by atoms with Gasteiger partial charge in [0, 0.05) is 0 Å². The van der Waals surface area contributed by atoms with E-state index in [1.165, 1.54) is 32.1 Å². The first-order chi connectivity index (χ1) is 5.80. The number of aliphatic hydroxyl groups is 1. The Hall–Kier alpha value is 0.250. The molecular weight excluding hydrogens is 172 g/mol. The van der Waals surface area contributed by atoms with E-state index in [1.807, 2.05) is 0 Å². The van der Waals surface area contributed by atoms with Gasteiger partial charge in [0.05, 0.1) is 11.5 Å². The highest BCUT2D eigenvalue weighted by Gasteiger charge is 2.16. The molecule has 1 rings (SSSR count). The van der Waals surface area contributed by atoms with Crippen molar-refractivity contribution in [2.75, 3.05) is 0 Å². The van der Waals surface area contributed by atoms with Crippen LogP contribution in [0.2, 0.25) is 0 Å². The third-order valence-electron chi connectivity index (χ3n) is 2.65. The lowest BCUT2D eigenvalue weighted by Gasteiger charge is -2.18. The molecule has 0 aromatic heterocycles.